The predicted molar refractivity (Wildman–Crippen MR) is 49.5 cm³/mol. The molecule has 0 heterocycles. The van der Waals surface area contributed by atoms with Gasteiger partial charge in [-0.1, -0.05) is 20.3 Å². The van der Waals surface area contributed by atoms with E-state index in [9.17, 15) is 4.79 Å². The first-order chi connectivity index (χ1) is 5.48. The van der Waals surface area contributed by atoms with Crippen LogP contribution >= 0.6 is 0 Å². The van der Waals surface area contributed by atoms with E-state index in [0.29, 0.717) is 0 Å². The van der Waals surface area contributed by atoms with E-state index in [0.717, 1.165) is 18.8 Å². The topological polar surface area (TPSA) is 26.3 Å². The smallest absolute Gasteiger partial charge is 0.418 e. The average Bonchev–Trinajstić information content (AvgIpc) is 1.85. The van der Waals surface area contributed by atoms with Crippen molar-refractivity contribution < 1.29 is 9.53 Å². The maximum Gasteiger partial charge on any atom is 0.418 e. The van der Waals surface area contributed by atoms with Gasteiger partial charge in [-0.25, -0.2) is 4.79 Å². The van der Waals surface area contributed by atoms with Gasteiger partial charge < -0.3 is 4.74 Å². The van der Waals surface area contributed by atoms with Crippen LogP contribution in [-0.2, 0) is 9.53 Å². The summed E-state index contributed by atoms with van der Waals surface area (Å²) in [6.07, 6.45) is 3.21. The van der Waals surface area contributed by atoms with Gasteiger partial charge in [0.25, 0.3) is 0 Å². The number of carbonyl (C=O) groups excluding carboxylic acids is 1. The number of ether oxygens (including phenoxy) is 1. The third kappa shape index (κ3) is 6.20. The number of hydrogen-bond donors (Lipinski definition) is 0. The molecule has 0 aromatic heterocycles. The van der Waals surface area contributed by atoms with Crippen LogP contribution in [0.1, 0.15) is 47.0 Å². The highest BCUT2D eigenvalue weighted by molar-refractivity contribution is 5.39. The Morgan fingerprint density at radius 1 is 1.42 bits per heavy atom. The normalized spacial score (nSPS) is 11.8. The minimum absolute atomic E-state index is 0.337. The third-order valence-electron chi connectivity index (χ3n) is 1.88. The summed E-state index contributed by atoms with van der Waals surface area (Å²) in [4.78, 5) is 9.97. The lowest BCUT2D eigenvalue weighted by Crippen LogP contribution is -2.23. The van der Waals surface area contributed by atoms with E-state index >= 15 is 0 Å². The van der Waals surface area contributed by atoms with Gasteiger partial charge >= 0.3 is 6.47 Å². The molecule has 0 amide bonds. The fraction of sp³-hybridized carbons (Fsp3) is 0.900. The molecule has 1 radical (unpaired) electrons. The highest BCUT2D eigenvalue weighted by Crippen LogP contribution is 2.18. The van der Waals surface area contributed by atoms with Crippen LogP contribution in [0.4, 0.5) is 0 Å². The molecular formula is C10H19O2. The summed E-state index contributed by atoms with van der Waals surface area (Å²) in [5, 5.41) is 0. The SMILES string of the molecule is CC(C)CCCC(C)(C)O[C]=O. The van der Waals surface area contributed by atoms with Crippen LogP contribution in [0.25, 0.3) is 0 Å². The molecule has 12 heavy (non-hydrogen) atoms. The fourth-order valence-corrected chi connectivity index (χ4v) is 1.10. The summed E-state index contributed by atoms with van der Waals surface area (Å²) in [7, 11) is 0. The summed E-state index contributed by atoms with van der Waals surface area (Å²) in [6, 6.07) is 0. The molecule has 0 atom stereocenters. The van der Waals surface area contributed by atoms with Gasteiger partial charge in [-0.3, -0.25) is 0 Å². The van der Waals surface area contributed by atoms with Gasteiger partial charge in [0, 0.05) is 0 Å². The van der Waals surface area contributed by atoms with E-state index < -0.39 is 0 Å². The third-order valence-corrected chi connectivity index (χ3v) is 1.88. The average molecular weight is 171 g/mol. The molecule has 0 aliphatic rings. The predicted octanol–water partition coefficient (Wildman–Crippen LogP) is 2.68. The Hall–Kier alpha value is -0.530. The van der Waals surface area contributed by atoms with Crippen molar-refractivity contribution in [1.29, 1.82) is 0 Å². The van der Waals surface area contributed by atoms with Crippen LogP contribution in [0, 0.1) is 5.92 Å². The van der Waals surface area contributed by atoms with Crippen molar-refractivity contribution in [3.05, 3.63) is 0 Å². The molecule has 0 aromatic carbocycles. The Morgan fingerprint density at radius 3 is 2.42 bits per heavy atom. The van der Waals surface area contributed by atoms with Gasteiger partial charge in [0.1, 0.15) is 5.60 Å². The standard InChI is InChI=1S/C10H19O2/c1-9(2)6-5-7-10(3,4)12-8-11/h9H,5-7H2,1-4H3. The van der Waals surface area contributed by atoms with Crippen LogP contribution in [-0.4, -0.2) is 12.1 Å². The lowest BCUT2D eigenvalue weighted by molar-refractivity contribution is 0.0765. The van der Waals surface area contributed by atoms with Crippen molar-refractivity contribution in [1.82, 2.24) is 0 Å². The monoisotopic (exact) mass is 171 g/mol. The van der Waals surface area contributed by atoms with Crippen molar-refractivity contribution in [2.45, 2.75) is 52.6 Å². The summed E-state index contributed by atoms with van der Waals surface area (Å²) in [5.74, 6) is 0.723. The summed E-state index contributed by atoms with van der Waals surface area (Å²) >= 11 is 0. The first-order valence-corrected chi connectivity index (χ1v) is 4.53. The van der Waals surface area contributed by atoms with E-state index in [2.05, 4.69) is 13.8 Å². The van der Waals surface area contributed by atoms with E-state index in [4.69, 9.17) is 4.74 Å². The van der Waals surface area contributed by atoms with E-state index in [1.165, 1.54) is 12.9 Å². The van der Waals surface area contributed by atoms with Crippen LogP contribution in [0.2, 0.25) is 0 Å². The molecule has 71 valence electrons. The zero-order valence-electron chi connectivity index (χ0n) is 8.52. The van der Waals surface area contributed by atoms with Gasteiger partial charge in [-0.15, -0.1) is 0 Å². The molecule has 0 aromatic rings. The minimum Gasteiger partial charge on any atom is -0.451 e. The second kappa shape index (κ2) is 5.18. The molecule has 0 bridgehead atoms. The Morgan fingerprint density at radius 2 is 2.00 bits per heavy atom. The second-order valence-electron chi connectivity index (χ2n) is 4.23. The van der Waals surface area contributed by atoms with Crippen molar-refractivity contribution in [3.63, 3.8) is 0 Å². The molecule has 2 nitrogen and oxygen atoms in total. The number of rotatable bonds is 6. The minimum atomic E-state index is -0.337. The molecule has 0 saturated heterocycles. The van der Waals surface area contributed by atoms with Gasteiger partial charge in [0.2, 0.25) is 0 Å². The first-order valence-electron chi connectivity index (χ1n) is 4.53. The maximum absolute atomic E-state index is 9.97. The van der Waals surface area contributed by atoms with Crippen molar-refractivity contribution in [2.24, 2.45) is 5.92 Å². The van der Waals surface area contributed by atoms with E-state index in [1.807, 2.05) is 13.8 Å². The maximum atomic E-state index is 9.97. The van der Waals surface area contributed by atoms with Crippen molar-refractivity contribution in [3.8, 4) is 0 Å². The van der Waals surface area contributed by atoms with Crippen LogP contribution in [0.5, 0.6) is 0 Å². The van der Waals surface area contributed by atoms with E-state index in [-0.39, 0.29) is 5.60 Å². The van der Waals surface area contributed by atoms with Crippen molar-refractivity contribution >= 4 is 6.47 Å². The lowest BCUT2D eigenvalue weighted by Gasteiger charge is -2.21. The fourth-order valence-electron chi connectivity index (χ4n) is 1.10. The summed E-state index contributed by atoms with van der Waals surface area (Å²) in [6.45, 7) is 9.71. The molecule has 0 spiro atoms. The largest absolute Gasteiger partial charge is 0.451 e. The lowest BCUT2D eigenvalue weighted by atomic mass is 9.98. The molecule has 0 fully saturated rings. The Labute approximate surface area is 75.3 Å². The zero-order valence-corrected chi connectivity index (χ0v) is 8.52. The van der Waals surface area contributed by atoms with Gasteiger partial charge in [-0.05, 0) is 32.6 Å². The summed E-state index contributed by atoms with van der Waals surface area (Å²) < 4.78 is 4.81. The van der Waals surface area contributed by atoms with Gasteiger partial charge in [-0.2, -0.15) is 0 Å². The second-order valence-corrected chi connectivity index (χ2v) is 4.23. The van der Waals surface area contributed by atoms with Crippen LogP contribution in [0.15, 0.2) is 0 Å². The van der Waals surface area contributed by atoms with E-state index in [1.54, 1.807) is 0 Å². The molecular weight excluding hydrogens is 152 g/mol. The summed E-state index contributed by atoms with van der Waals surface area (Å²) in [5.41, 5.74) is -0.337. The molecule has 0 aliphatic carbocycles. The Balaban J connectivity index is 3.53. The molecule has 0 rings (SSSR count). The Kier molecular flexibility index (Phi) is 4.95. The molecule has 0 saturated carbocycles. The van der Waals surface area contributed by atoms with Gasteiger partial charge in [0.05, 0.1) is 0 Å². The molecule has 0 unspecified atom stereocenters. The van der Waals surface area contributed by atoms with Gasteiger partial charge in [0.15, 0.2) is 0 Å². The molecule has 2 heteroatoms. The zero-order chi connectivity index (χ0) is 9.61. The quantitative estimate of drug-likeness (QED) is 0.614. The molecule has 0 aliphatic heterocycles. The number of hydrogen-bond acceptors (Lipinski definition) is 2. The first kappa shape index (κ1) is 11.5. The van der Waals surface area contributed by atoms with Crippen LogP contribution < -0.4 is 0 Å². The highest BCUT2D eigenvalue weighted by Gasteiger charge is 2.18. The molecule has 0 N–H and O–H groups in total. The Bertz CT molecular complexity index is 128. The highest BCUT2D eigenvalue weighted by atomic mass is 16.5. The van der Waals surface area contributed by atoms with Crippen molar-refractivity contribution in [2.75, 3.05) is 0 Å². The van der Waals surface area contributed by atoms with Crippen LogP contribution in [0.3, 0.4) is 0 Å².